The first-order chi connectivity index (χ1) is 20.5. The topological polar surface area (TPSA) is 40.2 Å². The first kappa shape index (κ1) is 34.3. The summed E-state index contributed by atoms with van der Waals surface area (Å²) in [6.45, 7) is 25.3. The second kappa shape index (κ2) is 13.4. The summed E-state index contributed by atoms with van der Waals surface area (Å²) in [4.78, 5) is 2.42. The third-order valence-electron chi connectivity index (χ3n) is 9.48. The predicted molar refractivity (Wildman–Crippen MR) is 190 cm³/mol. The van der Waals surface area contributed by atoms with Gasteiger partial charge in [0.1, 0.15) is 29.6 Å². The minimum atomic E-state index is -2.00. The van der Waals surface area contributed by atoms with Crippen LogP contribution >= 0.6 is 11.6 Å². The van der Waals surface area contributed by atoms with Crippen molar-refractivity contribution in [3.8, 4) is 23.0 Å². The summed E-state index contributed by atoms with van der Waals surface area (Å²) in [5.41, 5.74) is 3.48. The van der Waals surface area contributed by atoms with Gasteiger partial charge in [0.05, 0.1) is 18.2 Å². The second-order valence-corrected chi connectivity index (χ2v) is 24.8. The number of alkyl halides is 1. The van der Waals surface area contributed by atoms with Gasteiger partial charge in [-0.05, 0) is 83.8 Å². The molecule has 0 aromatic heterocycles. The van der Waals surface area contributed by atoms with Crippen LogP contribution in [0.25, 0.3) is 0 Å². The molecule has 1 unspecified atom stereocenters. The van der Waals surface area contributed by atoms with Crippen LogP contribution in [0.3, 0.4) is 0 Å². The lowest BCUT2D eigenvalue weighted by atomic mass is 9.99. The summed E-state index contributed by atoms with van der Waals surface area (Å²) in [5, 5.41) is 0.251. The molecule has 0 bridgehead atoms. The van der Waals surface area contributed by atoms with E-state index < -0.39 is 16.6 Å². The molecule has 3 aromatic carbocycles. The lowest BCUT2D eigenvalue weighted by molar-refractivity contribution is 0.299. The van der Waals surface area contributed by atoms with E-state index in [1.54, 1.807) is 0 Å². The Labute approximate surface area is 273 Å². The normalized spacial score (nSPS) is 16.1. The van der Waals surface area contributed by atoms with Gasteiger partial charge < -0.3 is 23.2 Å². The average molecular weight is 654 g/mol. The second-order valence-electron chi connectivity index (χ2n) is 15.0. The van der Waals surface area contributed by atoms with Crippen LogP contribution in [-0.2, 0) is 6.54 Å². The minimum Gasteiger partial charge on any atom is -0.544 e. The Kier molecular flexibility index (Phi) is 10.4. The van der Waals surface area contributed by atoms with Crippen molar-refractivity contribution in [2.45, 2.75) is 90.3 Å². The minimum absolute atomic E-state index is 0.106. The molecule has 240 valence electrons. The Hall–Kier alpha value is -2.62. The van der Waals surface area contributed by atoms with Crippen molar-refractivity contribution < 1.29 is 18.3 Å². The first-order valence-electron chi connectivity index (χ1n) is 15.8. The van der Waals surface area contributed by atoms with Gasteiger partial charge >= 0.3 is 0 Å². The monoisotopic (exact) mass is 653 g/mol. The van der Waals surface area contributed by atoms with E-state index in [0.29, 0.717) is 19.1 Å². The number of rotatable bonds is 10. The molecule has 0 saturated heterocycles. The number of hydrogen-bond donors (Lipinski definition) is 0. The molecular formula is C36H52ClNO4Si2. The van der Waals surface area contributed by atoms with Crippen LogP contribution in [0.4, 0.5) is 5.69 Å². The summed E-state index contributed by atoms with van der Waals surface area (Å²) in [6.07, 6.45) is 0. The van der Waals surface area contributed by atoms with E-state index in [-0.39, 0.29) is 16.0 Å². The van der Waals surface area contributed by atoms with E-state index in [2.05, 4.69) is 127 Å². The molecule has 0 saturated carbocycles. The van der Waals surface area contributed by atoms with E-state index in [0.717, 1.165) is 41.8 Å². The molecule has 44 heavy (non-hydrogen) atoms. The van der Waals surface area contributed by atoms with E-state index in [9.17, 15) is 0 Å². The quantitative estimate of drug-likeness (QED) is 0.161. The van der Waals surface area contributed by atoms with Gasteiger partial charge in [-0.1, -0.05) is 65.8 Å². The van der Waals surface area contributed by atoms with Crippen molar-refractivity contribution in [3.63, 3.8) is 0 Å². The van der Waals surface area contributed by atoms with E-state index >= 15 is 0 Å². The van der Waals surface area contributed by atoms with E-state index in [1.165, 1.54) is 11.1 Å². The summed E-state index contributed by atoms with van der Waals surface area (Å²) >= 11 is 5.87. The van der Waals surface area contributed by atoms with Gasteiger partial charge in [0.2, 0.25) is 16.6 Å². The number of nitrogens with zero attached hydrogens (tertiary/aromatic N) is 1. The highest BCUT2D eigenvalue weighted by atomic mass is 35.5. The van der Waals surface area contributed by atoms with Crippen LogP contribution in [0.2, 0.25) is 36.3 Å². The Morgan fingerprint density at radius 1 is 0.795 bits per heavy atom. The Morgan fingerprint density at radius 2 is 1.41 bits per heavy atom. The molecule has 8 heteroatoms. The Bertz CT molecular complexity index is 1400. The number of hydrogen-bond acceptors (Lipinski definition) is 5. The molecular weight excluding hydrogens is 602 g/mol. The Morgan fingerprint density at radius 3 is 2.02 bits per heavy atom. The zero-order chi connectivity index (χ0) is 32.3. The van der Waals surface area contributed by atoms with E-state index in [4.69, 9.17) is 29.9 Å². The number of fused-ring (bicyclic) bond motifs is 1. The summed E-state index contributed by atoms with van der Waals surface area (Å²) < 4.78 is 25.7. The van der Waals surface area contributed by atoms with Gasteiger partial charge in [-0.15, -0.1) is 11.6 Å². The van der Waals surface area contributed by atoms with Gasteiger partial charge in [-0.25, -0.2) is 0 Å². The van der Waals surface area contributed by atoms with E-state index in [1.807, 2.05) is 12.1 Å². The molecule has 0 N–H and O–H groups in total. The van der Waals surface area contributed by atoms with Crippen LogP contribution < -0.4 is 23.2 Å². The lowest BCUT2D eigenvalue weighted by Crippen LogP contribution is -2.43. The largest absolute Gasteiger partial charge is 0.544 e. The fourth-order valence-electron chi connectivity index (χ4n) is 4.71. The van der Waals surface area contributed by atoms with Gasteiger partial charge in [0.15, 0.2) is 0 Å². The van der Waals surface area contributed by atoms with Gasteiger partial charge in [-0.3, -0.25) is 0 Å². The van der Waals surface area contributed by atoms with Crippen LogP contribution in [-0.4, -0.2) is 42.3 Å². The molecule has 5 nitrogen and oxygen atoms in total. The van der Waals surface area contributed by atoms with Crippen molar-refractivity contribution in [3.05, 3.63) is 77.9 Å². The third kappa shape index (κ3) is 8.35. The summed E-state index contributed by atoms with van der Waals surface area (Å²) in [6, 6.07) is 23.3. The Balaban J connectivity index is 1.63. The lowest BCUT2D eigenvalue weighted by Gasteiger charge is -2.36. The molecule has 1 aliphatic rings. The van der Waals surface area contributed by atoms with Crippen molar-refractivity contribution in [2.24, 2.45) is 0 Å². The molecule has 0 aliphatic carbocycles. The zero-order valence-corrected chi connectivity index (χ0v) is 31.2. The van der Waals surface area contributed by atoms with Gasteiger partial charge in [-0.2, -0.15) is 0 Å². The van der Waals surface area contributed by atoms with Gasteiger partial charge in [0, 0.05) is 25.1 Å². The third-order valence-corrected chi connectivity index (χ3v) is 18.4. The molecule has 1 heterocycles. The molecule has 0 fully saturated rings. The molecule has 4 rings (SSSR count). The molecule has 1 atom stereocenters. The number of benzene rings is 3. The molecule has 0 radical (unpaired) electrons. The van der Waals surface area contributed by atoms with Crippen molar-refractivity contribution in [1.29, 1.82) is 0 Å². The smallest absolute Gasteiger partial charge is 0.250 e. The fourth-order valence-corrected chi connectivity index (χ4v) is 6.84. The fraction of sp³-hybridized carbons (Fsp3) is 0.500. The van der Waals surface area contributed by atoms with Crippen LogP contribution in [0.5, 0.6) is 23.0 Å². The highest BCUT2D eigenvalue weighted by Crippen LogP contribution is 2.42. The number of anilines is 1. The summed E-state index contributed by atoms with van der Waals surface area (Å²) in [5.74, 6) is 4.14. The molecule has 1 aliphatic heterocycles. The zero-order valence-electron chi connectivity index (χ0n) is 28.4. The molecule has 0 spiro atoms. The summed E-state index contributed by atoms with van der Waals surface area (Å²) in [7, 11) is -3.92. The SMILES string of the molecule is CC(C)(C)[Si](C)(C)Oc1ccc(C2COc3cc(O[Si](C)(C)C(C)(C)C)ccc3N(Cc3cccc(OCCCl)c3)C2)cc1. The van der Waals surface area contributed by atoms with Crippen molar-refractivity contribution >= 4 is 33.9 Å². The first-order valence-corrected chi connectivity index (χ1v) is 22.1. The van der Waals surface area contributed by atoms with Crippen LogP contribution in [0, 0.1) is 0 Å². The van der Waals surface area contributed by atoms with Gasteiger partial charge in [0.25, 0.3) is 0 Å². The number of halogens is 1. The highest BCUT2D eigenvalue weighted by molar-refractivity contribution is 6.75. The van der Waals surface area contributed by atoms with Crippen molar-refractivity contribution in [1.82, 2.24) is 0 Å². The standard InChI is InChI=1S/C36H52ClNO4Si2/c1-35(2,3)43(7,8)41-30-16-14-28(15-17-30)29-25-38(24-27-12-11-13-31(22-27)39-21-20-37)33-19-18-32(23-34(33)40-26-29)42-44(9,10)36(4,5)6/h11-19,22-23,29H,20-21,24-26H2,1-10H3. The maximum atomic E-state index is 6.67. The molecule has 3 aromatic rings. The highest BCUT2D eigenvalue weighted by Gasteiger charge is 2.40. The number of ether oxygens (including phenoxy) is 2. The molecule has 0 amide bonds. The maximum absolute atomic E-state index is 6.67. The van der Waals surface area contributed by atoms with Crippen LogP contribution in [0.15, 0.2) is 66.7 Å². The predicted octanol–water partition coefficient (Wildman–Crippen LogP) is 10.3. The van der Waals surface area contributed by atoms with Crippen LogP contribution in [0.1, 0.15) is 58.6 Å². The van der Waals surface area contributed by atoms with Crippen molar-refractivity contribution in [2.75, 3.05) is 30.5 Å². The maximum Gasteiger partial charge on any atom is 0.250 e. The average Bonchev–Trinajstić information content (AvgIpc) is 3.10.